The maximum Gasteiger partial charge on any atom is 0.146 e. The van der Waals surface area contributed by atoms with Crippen molar-refractivity contribution in [3.8, 4) is 11.5 Å². The number of halogens is 1. The van der Waals surface area contributed by atoms with E-state index in [0.29, 0.717) is 12.3 Å². The first-order valence-electron chi connectivity index (χ1n) is 8.75. The third kappa shape index (κ3) is 4.86. The van der Waals surface area contributed by atoms with Crippen molar-refractivity contribution < 1.29 is 13.9 Å². The predicted octanol–water partition coefficient (Wildman–Crippen LogP) is 3.43. The summed E-state index contributed by atoms with van der Waals surface area (Å²) in [5, 5.41) is 0. The number of nitrogens with zero attached hydrogens (tertiary/aromatic N) is 2. The van der Waals surface area contributed by atoms with E-state index in [9.17, 15) is 4.39 Å². The monoisotopic (exact) mass is 344 g/mol. The zero-order valence-corrected chi connectivity index (χ0v) is 14.7. The number of hydrogen-bond donors (Lipinski definition) is 0. The Morgan fingerprint density at radius 3 is 2.28 bits per heavy atom. The number of para-hydroxylation sites is 1. The van der Waals surface area contributed by atoms with E-state index in [0.717, 1.165) is 50.6 Å². The van der Waals surface area contributed by atoms with Crippen molar-refractivity contribution in [2.24, 2.45) is 0 Å². The summed E-state index contributed by atoms with van der Waals surface area (Å²) in [6.07, 6.45) is 0.978. The highest BCUT2D eigenvalue weighted by Gasteiger charge is 2.18. The highest BCUT2D eigenvalue weighted by Crippen LogP contribution is 2.20. The van der Waals surface area contributed by atoms with E-state index in [1.807, 2.05) is 36.4 Å². The zero-order chi connectivity index (χ0) is 17.5. The number of rotatable bonds is 7. The summed E-state index contributed by atoms with van der Waals surface area (Å²) in [7, 11) is 1.65. The van der Waals surface area contributed by atoms with Gasteiger partial charge in [-0.15, -0.1) is 0 Å². The van der Waals surface area contributed by atoms with Crippen LogP contribution in [0.5, 0.6) is 11.5 Å². The van der Waals surface area contributed by atoms with Crippen LogP contribution in [0.1, 0.15) is 6.42 Å². The number of benzene rings is 2. The summed E-state index contributed by atoms with van der Waals surface area (Å²) in [5.41, 5.74) is 0.713. The summed E-state index contributed by atoms with van der Waals surface area (Å²) in [6, 6.07) is 14.7. The molecule has 0 aromatic heterocycles. The molecular formula is C20H25FN2O2. The Morgan fingerprint density at radius 1 is 0.920 bits per heavy atom. The lowest BCUT2D eigenvalue weighted by Gasteiger charge is -2.36. The molecule has 3 rings (SSSR count). The molecule has 1 heterocycles. The molecule has 1 aliphatic heterocycles. The molecule has 0 bridgehead atoms. The van der Waals surface area contributed by atoms with Crippen LogP contribution in [-0.4, -0.2) is 51.3 Å². The van der Waals surface area contributed by atoms with Crippen molar-refractivity contribution in [1.29, 1.82) is 0 Å². The Labute approximate surface area is 148 Å². The van der Waals surface area contributed by atoms with Crippen LogP contribution in [0.4, 0.5) is 10.1 Å². The average molecular weight is 344 g/mol. The van der Waals surface area contributed by atoms with E-state index in [1.165, 1.54) is 6.07 Å². The van der Waals surface area contributed by atoms with Gasteiger partial charge in [0.2, 0.25) is 0 Å². The van der Waals surface area contributed by atoms with Gasteiger partial charge in [-0.05, 0) is 42.8 Å². The van der Waals surface area contributed by atoms with Gasteiger partial charge >= 0.3 is 0 Å². The van der Waals surface area contributed by atoms with Crippen LogP contribution in [0.3, 0.4) is 0 Å². The maximum atomic E-state index is 13.8. The van der Waals surface area contributed by atoms with Crippen molar-refractivity contribution in [2.75, 3.05) is 51.3 Å². The molecular weight excluding hydrogens is 319 g/mol. The van der Waals surface area contributed by atoms with Crippen LogP contribution in [0, 0.1) is 5.82 Å². The Morgan fingerprint density at radius 2 is 1.60 bits per heavy atom. The molecule has 0 saturated carbocycles. The average Bonchev–Trinajstić information content (AvgIpc) is 2.67. The van der Waals surface area contributed by atoms with E-state index in [2.05, 4.69) is 9.80 Å². The Hall–Kier alpha value is -2.27. The van der Waals surface area contributed by atoms with E-state index in [-0.39, 0.29) is 5.82 Å². The second-order valence-corrected chi connectivity index (χ2v) is 6.16. The molecule has 0 spiro atoms. The van der Waals surface area contributed by atoms with E-state index in [4.69, 9.17) is 9.47 Å². The van der Waals surface area contributed by atoms with Crippen molar-refractivity contribution in [1.82, 2.24) is 4.90 Å². The first-order valence-corrected chi connectivity index (χ1v) is 8.75. The minimum atomic E-state index is -0.135. The number of ether oxygens (including phenoxy) is 2. The molecule has 0 N–H and O–H groups in total. The molecule has 1 saturated heterocycles. The molecule has 0 amide bonds. The van der Waals surface area contributed by atoms with Gasteiger partial charge in [0, 0.05) is 32.7 Å². The zero-order valence-electron chi connectivity index (χ0n) is 14.7. The maximum absolute atomic E-state index is 13.8. The quantitative estimate of drug-likeness (QED) is 0.719. The van der Waals surface area contributed by atoms with E-state index >= 15 is 0 Å². The van der Waals surface area contributed by atoms with Gasteiger partial charge in [0.1, 0.15) is 17.3 Å². The van der Waals surface area contributed by atoms with Gasteiger partial charge in [-0.1, -0.05) is 12.1 Å². The Balaban J connectivity index is 1.36. The lowest BCUT2D eigenvalue weighted by molar-refractivity contribution is 0.224. The van der Waals surface area contributed by atoms with Crippen LogP contribution in [-0.2, 0) is 0 Å². The molecule has 0 unspecified atom stereocenters. The minimum absolute atomic E-state index is 0.135. The van der Waals surface area contributed by atoms with Crippen molar-refractivity contribution >= 4 is 5.69 Å². The SMILES string of the molecule is COc1ccc(OCCCN2CCN(c3ccccc3F)CC2)cc1. The molecule has 5 heteroatoms. The van der Waals surface area contributed by atoms with Gasteiger partial charge in [-0.3, -0.25) is 4.90 Å². The van der Waals surface area contributed by atoms with Crippen LogP contribution < -0.4 is 14.4 Å². The summed E-state index contributed by atoms with van der Waals surface area (Å²) < 4.78 is 24.7. The molecule has 0 radical (unpaired) electrons. The summed E-state index contributed by atoms with van der Waals surface area (Å²) in [4.78, 5) is 4.54. The van der Waals surface area contributed by atoms with Gasteiger partial charge in [0.05, 0.1) is 19.4 Å². The Kier molecular flexibility index (Phi) is 6.12. The van der Waals surface area contributed by atoms with E-state index in [1.54, 1.807) is 13.2 Å². The fourth-order valence-electron chi connectivity index (χ4n) is 3.07. The third-order valence-corrected chi connectivity index (χ3v) is 4.51. The lowest BCUT2D eigenvalue weighted by Crippen LogP contribution is -2.47. The second-order valence-electron chi connectivity index (χ2n) is 6.16. The number of piperazine rings is 1. The molecule has 1 fully saturated rings. The van der Waals surface area contributed by atoms with Crippen LogP contribution in [0.2, 0.25) is 0 Å². The molecule has 25 heavy (non-hydrogen) atoms. The van der Waals surface area contributed by atoms with Gasteiger partial charge in [0.15, 0.2) is 0 Å². The lowest BCUT2D eigenvalue weighted by atomic mass is 10.2. The van der Waals surface area contributed by atoms with Crippen molar-refractivity contribution in [3.63, 3.8) is 0 Å². The summed E-state index contributed by atoms with van der Waals surface area (Å²) in [6.45, 7) is 5.33. The number of hydrogen-bond acceptors (Lipinski definition) is 4. The standard InChI is InChI=1S/C20H25FN2O2/c1-24-17-7-9-18(10-8-17)25-16-4-11-22-12-14-23(15-13-22)20-6-3-2-5-19(20)21/h2-3,5-10H,4,11-16H2,1H3. The highest BCUT2D eigenvalue weighted by atomic mass is 19.1. The minimum Gasteiger partial charge on any atom is -0.497 e. The molecule has 2 aromatic carbocycles. The van der Waals surface area contributed by atoms with Gasteiger partial charge in [0.25, 0.3) is 0 Å². The number of anilines is 1. The molecule has 1 aliphatic rings. The smallest absolute Gasteiger partial charge is 0.146 e. The molecule has 134 valence electrons. The first-order chi connectivity index (χ1) is 12.3. The fraction of sp³-hybridized carbons (Fsp3) is 0.400. The first kappa shape index (κ1) is 17.5. The highest BCUT2D eigenvalue weighted by molar-refractivity contribution is 5.48. The van der Waals surface area contributed by atoms with Crippen LogP contribution >= 0.6 is 0 Å². The largest absolute Gasteiger partial charge is 0.497 e. The topological polar surface area (TPSA) is 24.9 Å². The Bertz CT molecular complexity index is 655. The predicted molar refractivity (Wildman–Crippen MR) is 98.2 cm³/mol. The van der Waals surface area contributed by atoms with Gasteiger partial charge < -0.3 is 14.4 Å². The van der Waals surface area contributed by atoms with Crippen molar-refractivity contribution in [3.05, 3.63) is 54.3 Å². The summed E-state index contributed by atoms with van der Waals surface area (Å²) in [5.74, 6) is 1.56. The fourth-order valence-corrected chi connectivity index (χ4v) is 3.07. The summed E-state index contributed by atoms with van der Waals surface area (Å²) >= 11 is 0. The molecule has 2 aromatic rings. The van der Waals surface area contributed by atoms with Crippen LogP contribution in [0.25, 0.3) is 0 Å². The third-order valence-electron chi connectivity index (χ3n) is 4.51. The normalized spacial score (nSPS) is 15.2. The van der Waals surface area contributed by atoms with Crippen LogP contribution in [0.15, 0.2) is 48.5 Å². The molecule has 0 atom stereocenters. The molecule has 4 nitrogen and oxygen atoms in total. The number of methoxy groups -OCH3 is 1. The second kappa shape index (κ2) is 8.72. The van der Waals surface area contributed by atoms with Gasteiger partial charge in [-0.2, -0.15) is 0 Å². The molecule has 0 aliphatic carbocycles. The van der Waals surface area contributed by atoms with E-state index < -0.39 is 0 Å². The van der Waals surface area contributed by atoms with Gasteiger partial charge in [-0.25, -0.2) is 4.39 Å². The van der Waals surface area contributed by atoms with Crippen molar-refractivity contribution in [2.45, 2.75) is 6.42 Å².